The highest BCUT2D eigenvalue weighted by atomic mass is 16.5. The second kappa shape index (κ2) is 6.78. The highest BCUT2D eigenvalue weighted by Gasteiger charge is 2.29. The molecule has 1 atom stereocenters. The summed E-state index contributed by atoms with van der Waals surface area (Å²) in [6, 6.07) is -1.52. The Kier molecular flexibility index (Phi) is 4.56. The Morgan fingerprint density at radius 2 is 2.17 bits per heavy atom. The van der Waals surface area contributed by atoms with Crippen LogP contribution in [0.3, 0.4) is 0 Å². The van der Waals surface area contributed by atoms with Gasteiger partial charge in [-0.05, 0) is 18.8 Å². The number of nitrogens with one attached hydrogen (secondary N) is 3. The fraction of sp³-hybridized carbons (Fsp3) is 0.571. The molecule has 3 rings (SSSR count). The molecule has 9 nitrogen and oxygen atoms in total. The quantitative estimate of drug-likeness (QED) is 0.713. The van der Waals surface area contributed by atoms with Crippen LogP contribution < -0.4 is 16.0 Å². The molecule has 0 spiro atoms. The van der Waals surface area contributed by atoms with Crippen molar-refractivity contribution in [1.82, 2.24) is 20.4 Å². The number of nitrogens with zero attached hydrogens (tertiary/aromatic N) is 2. The molecule has 1 unspecified atom stereocenters. The summed E-state index contributed by atoms with van der Waals surface area (Å²) in [6.45, 7) is 2.33. The van der Waals surface area contributed by atoms with E-state index in [1.54, 1.807) is 17.1 Å². The van der Waals surface area contributed by atoms with Gasteiger partial charge in [0.05, 0.1) is 18.3 Å². The van der Waals surface area contributed by atoms with Gasteiger partial charge in [0.2, 0.25) is 11.8 Å². The molecule has 3 N–H and O–H groups in total. The van der Waals surface area contributed by atoms with Gasteiger partial charge >= 0.3 is 6.03 Å². The Hall–Kier alpha value is -2.42. The lowest BCUT2D eigenvalue weighted by Crippen LogP contribution is -2.56. The maximum Gasteiger partial charge on any atom is 0.322 e. The van der Waals surface area contributed by atoms with Crippen molar-refractivity contribution in [2.24, 2.45) is 5.92 Å². The van der Waals surface area contributed by atoms with Crippen molar-refractivity contribution >= 4 is 23.5 Å². The number of imide groups is 1. The summed E-state index contributed by atoms with van der Waals surface area (Å²) in [7, 11) is 0. The van der Waals surface area contributed by atoms with Crippen molar-refractivity contribution in [2.45, 2.75) is 31.8 Å². The second-order valence-electron chi connectivity index (χ2n) is 5.77. The Balaban J connectivity index is 1.54. The predicted molar refractivity (Wildman–Crippen MR) is 79.5 cm³/mol. The third-order valence-corrected chi connectivity index (χ3v) is 3.95. The lowest BCUT2D eigenvalue weighted by molar-refractivity contribution is -0.126. The minimum atomic E-state index is -0.866. The molecule has 3 heterocycles. The van der Waals surface area contributed by atoms with E-state index in [9.17, 15) is 14.4 Å². The van der Waals surface area contributed by atoms with Gasteiger partial charge in [0.1, 0.15) is 6.04 Å². The summed E-state index contributed by atoms with van der Waals surface area (Å²) in [5, 5.41) is 11.4. The summed E-state index contributed by atoms with van der Waals surface area (Å²) < 4.78 is 7.12. The fourth-order valence-electron chi connectivity index (χ4n) is 2.72. The van der Waals surface area contributed by atoms with E-state index in [4.69, 9.17) is 4.74 Å². The standard InChI is InChI=1S/C14H19N5O4/c20-12-5-11(17-14(22)18-12)13(21)16-10-6-15-19(8-10)7-9-1-3-23-4-2-9/h6,8-9,11H,1-5,7H2,(H,16,21)(H2,17,18,20,22). The van der Waals surface area contributed by atoms with Gasteiger partial charge in [-0.25, -0.2) is 4.79 Å². The number of aromatic nitrogens is 2. The van der Waals surface area contributed by atoms with Crippen molar-refractivity contribution in [2.75, 3.05) is 18.5 Å². The Bertz CT molecular complexity index is 592. The summed E-state index contributed by atoms with van der Waals surface area (Å²) in [4.78, 5) is 34.6. The molecule has 4 amide bonds. The monoisotopic (exact) mass is 321 g/mol. The first kappa shape index (κ1) is 15.5. The van der Waals surface area contributed by atoms with Gasteiger partial charge < -0.3 is 15.4 Å². The van der Waals surface area contributed by atoms with Crippen LogP contribution in [0.2, 0.25) is 0 Å². The number of carbonyl (C=O) groups is 3. The molecule has 9 heteroatoms. The van der Waals surface area contributed by atoms with Crippen molar-refractivity contribution in [1.29, 1.82) is 0 Å². The third-order valence-electron chi connectivity index (χ3n) is 3.95. The minimum Gasteiger partial charge on any atom is -0.381 e. The highest BCUT2D eigenvalue weighted by Crippen LogP contribution is 2.17. The molecule has 0 saturated carbocycles. The number of amides is 4. The van der Waals surface area contributed by atoms with Gasteiger partial charge in [-0.1, -0.05) is 0 Å². The lowest BCUT2D eigenvalue weighted by Gasteiger charge is -2.22. The molecule has 2 fully saturated rings. The number of ether oxygens (including phenoxy) is 1. The number of anilines is 1. The van der Waals surface area contributed by atoms with E-state index in [1.807, 2.05) is 0 Å². The van der Waals surface area contributed by atoms with Crippen LogP contribution in [0.25, 0.3) is 0 Å². The molecule has 0 aliphatic carbocycles. The first-order chi connectivity index (χ1) is 11.1. The van der Waals surface area contributed by atoms with E-state index in [1.165, 1.54) is 0 Å². The van der Waals surface area contributed by atoms with Crippen LogP contribution in [0.15, 0.2) is 12.4 Å². The molecule has 124 valence electrons. The van der Waals surface area contributed by atoms with Gasteiger partial charge in [-0.15, -0.1) is 0 Å². The first-order valence-corrected chi connectivity index (χ1v) is 7.61. The van der Waals surface area contributed by atoms with Gasteiger partial charge in [-0.2, -0.15) is 5.10 Å². The van der Waals surface area contributed by atoms with E-state index >= 15 is 0 Å². The maximum atomic E-state index is 12.1. The number of hydrogen-bond acceptors (Lipinski definition) is 5. The molecule has 1 aromatic rings. The van der Waals surface area contributed by atoms with E-state index in [0.717, 1.165) is 32.6 Å². The van der Waals surface area contributed by atoms with Crippen molar-refractivity contribution in [3.05, 3.63) is 12.4 Å². The number of rotatable bonds is 4. The van der Waals surface area contributed by atoms with Crippen molar-refractivity contribution in [3.63, 3.8) is 0 Å². The lowest BCUT2D eigenvalue weighted by atomic mass is 10.0. The number of carbonyl (C=O) groups excluding carboxylic acids is 3. The van der Waals surface area contributed by atoms with Gasteiger partial charge in [-0.3, -0.25) is 19.6 Å². The van der Waals surface area contributed by atoms with E-state index in [0.29, 0.717) is 11.6 Å². The average Bonchev–Trinajstić information content (AvgIpc) is 2.94. The Morgan fingerprint density at radius 1 is 1.39 bits per heavy atom. The average molecular weight is 321 g/mol. The van der Waals surface area contributed by atoms with Gasteiger partial charge in [0, 0.05) is 26.0 Å². The van der Waals surface area contributed by atoms with Crippen LogP contribution in [0.1, 0.15) is 19.3 Å². The van der Waals surface area contributed by atoms with Crippen LogP contribution in [0.4, 0.5) is 10.5 Å². The zero-order chi connectivity index (χ0) is 16.2. The first-order valence-electron chi connectivity index (χ1n) is 7.61. The highest BCUT2D eigenvalue weighted by molar-refractivity contribution is 6.05. The molecule has 0 aromatic carbocycles. The molecule has 23 heavy (non-hydrogen) atoms. The smallest absolute Gasteiger partial charge is 0.322 e. The molecular weight excluding hydrogens is 302 g/mol. The normalized spacial score (nSPS) is 22.3. The SMILES string of the molecule is O=C1CC(C(=O)Nc2cnn(CC3CCOCC3)c2)NC(=O)N1. The van der Waals surface area contributed by atoms with Crippen LogP contribution in [0, 0.1) is 5.92 Å². The molecule has 0 radical (unpaired) electrons. The van der Waals surface area contributed by atoms with E-state index in [2.05, 4.69) is 21.0 Å². The molecule has 2 aliphatic heterocycles. The fourth-order valence-corrected chi connectivity index (χ4v) is 2.72. The Morgan fingerprint density at radius 3 is 2.91 bits per heavy atom. The van der Waals surface area contributed by atoms with Crippen molar-refractivity contribution < 1.29 is 19.1 Å². The minimum absolute atomic E-state index is 0.0756. The molecule has 1 aromatic heterocycles. The number of hydrogen-bond donors (Lipinski definition) is 3. The largest absolute Gasteiger partial charge is 0.381 e. The van der Waals surface area contributed by atoms with Crippen LogP contribution in [-0.4, -0.2) is 46.9 Å². The molecule has 0 bridgehead atoms. The third kappa shape index (κ3) is 4.07. The van der Waals surface area contributed by atoms with Crippen LogP contribution >= 0.6 is 0 Å². The topological polar surface area (TPSA) is 114 Å². The summed E-state index contributed by atoms with van der Waals surface area (Å²) >= 11 is 0. The zero-order valence-corrected chi connectivity index (χ0v) is 12.6. The summed E-state index contributed by atoms with van der Waals surface area (Å²) in [5.41, 5.74) is 0.544. The Labute approximate surface area is 132 Å². The van der Waals surface area contributed by atoms with E-state index < -0.39 is 23.9 Å². The predicted octanol–water partition coefficient (Wildman–Crippen LogP) is -0.154. The zero-order valence-electron chi connectivity index (χ0n) is 12.6. The summed E-state index contributed by atoms with van der Waals surface area (Å²) in [5.74, 6) is -0.378. The van der Waals surface area contributed by atoms with Gasteiger partial charge in [0.25, 0.3) is 0 Å². The van der Waals surface area contributed by atoms with E-state index in [-0.39, 0.29) is 6.42 Å². The van der Waals surface area contributed by atoms with Gasteiger partial charge in [0.15, 0.2) is 0 Å². The van der Waals surface area contributed by atoms with Crippen LogP contribution in [0.5, 0.6) is 0 Å². The second-order valence-corrected chi connectivity index (χ2v) is 5.77. The molecular formula is C14H19N5O4. The number of urea groups is 1. The van der Waals surface area contributed by atoms with Crippen molar-refractivity contribution in [3.8, 4) is 0 Å². The molecule has 2 saturated heterocycles. The molecule has 2 aliphatic rings. The maximum absolute atomic E-state index is 12.1. The van der Waals surface area contributed by atoms with Crippen LogP contribution in [-0.2, 0) is 20.9 Å². The summed E-state index contributed by atoms with van der Waals surface area (Å²) in [6.07, 6.45) is 5.24.